The minimum absolute atomic E-state index is 0.0961. The molecular formula is C20H28N2O4. The number of carbonyl (C=O) groups is 1. The van der Waals surface area contributed by atoms with E-state index in [0.717, 1.165) is 44.8 Å². The maximum atomic E-state index is 13.1. The van der Waals surface area contributed by atoms with Crippen LogP contribution in [0.2, 0.25) is 0 Å². The van der Waals surface area contributed by atoms with Crippen LogP contribution in [0, 0.1) is 0 Å². The molecular weight excluding hydrogens is 332 g/mol. The van der Waals surface area contributed by atoms with E-state index in [1.54, 1.807) is 0 Å². The first-order valence-electron chi connectivity index (χ1n) is 9.68. The van der Waals surface area contributed by atoms with Crippen molar-refractivity contribution in [1.82, 2.24) is 9.80 Å². The smallest absolute Gasteiger partial charge is 0.254 e. The van der Waals surface area contributed by atoms with Crippen molar-refractivity contribution >= 4 is 5.91 Å². The third-order valence-corrected chi connectivity index (χ3v) is 5.39. The van der Waals surface area contributed by atoms with E-state index < -0.39 is 0 Å². The van der Waals surface area contributed by atoms with Crippen molar-refractivity contribution in [2.75, 3.05) is 39.4 Å². The molecule has 3 atom stereocenters. The van der Waals surface area contributed by atoms with Gasteiger partial charge < -0.3 is 19.1 Å². The lowest BCUT2D eigenvalue weighted by atomic mass is 10.1. The monoisotopic (exact) mass is 360 g/mol. The number of carbonyl (C=O) groups excluding carboxylic acids is 1. The second-order valence-corrected chi connectivity index (χ2v) is 7.63. The van der Waals surface area contributed by atoms with Gasteiger partial charge in [0, 0.05) is 37.8 Å². The van der Waals surface area contributed by atoms with Gasteiger partial charge in [-0.1, -0.05) is 0 Å². The van der Waals surface area contributed by atoms with Gasteiger partial charge in [-0.25, -0.2) is 0 Å². The molecule has 1 aromatic carbocycles. The van der Waals surface area contributed by atoms with Gasteiger partial charge in [0.25, 0.3) is 5.91 Å². The van der Waals surface area contributed by atoms with Gasteiger partial charge in [-0.2, -0.15) is 0 Å². The van der Waals surface area contributed by atoms with Crippen LogP contribution < -0.4 is 9.47 Å². The Balaban J connectivity index is 1.45. The molecule has 3 heterocycles. The number of nitrogens with zero attached hydrogens (tertiary/aromatic N) is 2. The number of ether oxygens (including phenoxy) is 3. The second kappa shape index (κ2) is 7.45. The predicted octanol–water partition coefficient (Wildman–Crippen LogP) is 2.17. The number of hydrogen-bond donors (Lipinski definition) is 0. The molecule has 6 heteroatoms. The van der Waals surface area contributed by atoms with E-state index in [-0.39, 0.29) is 24.2 Å². The van der Waals surface area contributed by atoms with Crippen LogP contribution in [0.15, 0.2) is 18.2 Å². The Hall–Kier alpha value is -1.79. The Bertz CT molecular complexity index is 655. The predicted molar refractivity (Wildman–Crippen MR) is 97.9 cm³/mol. The molecule has 0 bridgehead atoms. The summed E-state index contributed by atoms with van der Waals surface area (Å²) in [6.45, 7) is 8.96. The van der Waals surface area contributed by atoms with Crippen molar-refractivity contribution in [3.05, 3.63) is 23.8 Å². The SMILES string of the molecule is C[C@@H]1CN(C[C@H]2CCCN2C(=O)c2ccc3c(c2)OCCO3)C[C@H](C)O1. The lowest BCUT2D eigenvalue weighted by Crippen LogP contribution is -2.50. The van der Waals surface area contributed by atoms with E-state index in [0.29, 0.717) is 24.5 Å². The summed E-state index contributed by atoms with van der Waals surface area (Å²) in [6, 6.07) is 5.79. The van der Waals surface area contributed by atoms with E-state index in [1.165, 1.54) is 0 Å². The molecule has 1 amide bonds. The van der Waals surface area contributed by atoms with Crippen molar-refractivity contribution in [3.8, 4) is 11.5 Å². The average Bonchev–Trinajstić information content (AvgIpc) is 3.08. The molecule has 3 aliphatic rings. The van der Waals surface area contributed by atoms with Crippen molar-refractivity contribution in [3.63, 3.8) is 0 Å². The molecule has 1 aromatic rings. The fraction of sp³-hybridized carbons (Fsp3) is 0.650. The first kappa shape index (κ1) is 17.6. The summed E-state index contributed by atoms with van der Waals surface area (Å²) < 4.78 is 17.0. The van der Waals surface area contributed by atoms with Crippen molar-refractivity contribution in [2.24, 2.45) is 0 Å². The zero-order valence-corrected chi connectivity index (χ0v) is 15.6. The Labute approximate surface area is 155 Å². The second-order valence-electron chi connectivity index (χ2n) is 7.63. The molecule has 0 N–H and O–H groups in total. The van der Waals surface area contributed by atoms with Crippen molar-refractivity contribution in [1.29, 1.82) is 0 Å². The van der Waals surface area contributed by atoms with Crippen LogP contribution in [0.1, 0.15) is 37.0 Å². The molecule has 4 rings (SSSR count). The van der Waals surface area contributed by atoms with Crippen LogP contribution in [-0.2, 0) is 4.74 Å². The Kier molecular flexibility index (Phi) is 5.05. The van der Waals surface area contributed by atoms with E-state index in [2.05, 4.69) is 18.7 Å². The van der Waals surface area contributed by atoms with E-state index >= 15 is 0 Å². The molecule has 2 saturated heterocycles. The zero-order valence-electron chi connectivity index (χ0n) is 15.6. The van der Waals surface area contributed by atoms with Crippen LogP contribution in [0.3, 0.4) is 0 Å². The summed E-state index contributed by atoms with van der Waals surface area (Å²) in [5, 5.41) is 0. The minimum Gasteiger partial charge on any atom is -0.486 e. The molecule has 6 nitrogen and oxygen atoms in total. The van der Waals surface area contributed by atoms with Gasteiger partial charge in [0.05, 0.1) is 12.2 Å². The van der Waals surface area contributed by atoms with Crippen molar-refractivity contribution < 1.29 is 19.0 Å². The highest BCUT2D eigenvalue weighted by Gasteiger charge is 2.33. The summed E-state index contributed by atoms with van der Waals surface area (Å²) in [6.07, 6.45) is 2.64. The van der Waals surface area contributed by atoms with Crippen LogP contribution in [0.5, 0.6) is 11.5 Å². The highest BCUT2D eigenvalue weighted by Crippen LogP contribution is 2.32. The minimum atomic E-state index is 0.0961. The first-order chi connectivity index (χ1) is 12.6. The van der Waals surface area contributed by atoms with Crippen LogP contribution in [0.4, 0.5) is 0 Å². The Morgan fingerprint density at radius 2 is 1.85 bits per heavy atom. The highest BCUT2D eigenvalue weighted by atomic mass is 16.6. The quantitative estimate of drug-likeness (QED) is 0.827. The Morgan fingerprint density at radius 1 is 1.12 bits per heavy atom. The maximum Gasteiger partial charge on any atom is 0.254 e. The molecule has 3 aliphatic heterocycles. The van der Waals surface area contributed by atoms with Crippen molar-refractivity contribution in [2.45, 2.75) is 44.9 Å². The van der Waals surface area contributed by atoms with Gasteiger partial charge in [-0.05, 0) is 44.9 Å². The molecule has 142 valence electrons. The van der Waals surface area contributed by atoms with Gasteiger partial charge >= 0.3 is 0 Å². The normalized spacial score (nSPS) is 29.0. The summed E-state index contributed by atoms with van der Waals surface area (Å²) in [4.78, 5) is 17.6. The first-order valence-corrected chi connectivity index (χ1v) is 9.68. The largest absolute Gasteiger partial charge is 0.486 e. The van der Waals surface area contributed by atoms with E-state index in [4.69, 9.17) is 14.2 Å². The molecule has 26 heavy (non-hydrogen) atoms. The molecule has 0 spiro atoms. The zero-order chi connectivity index (χ0) is 18.1. The number of benzene rings is 1. The summed E-state index contributed by atoms with van der Waals surface area (Å²) in [5.41, 5.74) is 0.685. The average molecular weight is 360 g/mol. The number of morpholine rings is 1. The van der Waals surface area contributed by atoms with Gasteiger partial charge in [0.1, 0.15) is 13.2 Å². The summed E-state index contributed by atoms with van der Waals surface area (Å²) in [5.74, 6) is 1.49. The van der Waals surface area contributed by atoms with E-state index in [1.807, 2.05) is 23.1 Å². The van der Waals surface area contributed by atoms with Crippen LogP contribution in [-0.4, -0.2) is 73.3 Å². The number of hydrogen-bond acceptors (Lipinski definition) is 5. The van der Waals surface area contributed by atoms with Gasteiger partial charge in [0.15, 0.2) is 11.5 Å². The molecule has 0 unspecified atom stereocenters. The number of fused-ring (bicyclic) bond motifs is 1. The summed E-state index contributed by atoms with van der Waals surface area (Å²) >= 11 is 0. The molecule has 0 radical (unpaired) electrons. The topological polar surface area (TPSA) is 51.2 Å². The Morgan fingerprint density at radius 3 is 2.62 bits per heavy atom. The van der Waals surface area contributed by atoms with Gasteiger partial charge in [0.2, 0.25) is 0 Å². The standard InChI is InChI=1S/C20H28N2O4/c1-14-11-21(12-15(2)26-14)13-17-4-3-7-22(17)20(23)16-5-6-18-19(10-16)25-9-8-24-18/h5-6,10,14-15,17H,3-4,7-9,11-13H2,1-2H3/t14-,15+,17-/m1/s1. The fourth-order valence-corrected chi connectivity index (χ4v) is 4.37. The molecule has 2 fully saturated rings. The summed E-state index contributed by atoms with van der Waals surface area (Å²) in [7, 11) is 0. The lowest BCUT2D eigenvalue weighted by molar-refractivity contribution is -0.0715. The van der Waals surface area contributed by atoms with Gasteiger partial charge in [-0.3, -0.25) is 9.69 Å². The van der Waals surface area contributed by atoms with Crippen LogP contribution >= 0.6 is 0 Å². The van der Waals surface area contributed by atoms with Gasteiger partial charge in [-0.15, -0.1) is 0 Å². The number of rotatable bonds is 3. The lowest BCUT2D eigenvalue weighted by Gasteiger charge is -2.38. The van der Waals surface area contributed by atoms with Crippen LogP contribution in [0.25, 0.3) is 0 Å². The fourth-order valence-electron chi connectivity index (χ4n) is 4.37. The molecule has 0 saturated carbocycles. The highest BCUT2D eigenvalue weighted by molar-refractivity contribution is 5.95. The maximum absolute atomic E-state index is 13.1. The third kappa shape index (κ3) is 3.67. The molecule has 0 aliphatic carbocycles. The number of amides is 1. The molecule has 0 aromatic heterocycles. The van der Waals surface area contributed by atoms with E-state index in [9.17, 15) is 4.79 Å². The number of likely N-dealkylation sites (tertiary alicyclic amines) is 1. The third-order valence-electron chi connectivity index (χ3n) is 5.39.